The summed E-state index contributed by atoms with van der Waals surface area (Å²) in [4.78, 5) is 17.6. The van der Waals surface area contributed by atoms with Crippen molar-refractivity contribution in [3.05, 3.63) is 83.9 Å². The third-order valence-electron chi connectivity index (χ3n) is 4.71. The molecule has 1 N–H and O–H groups in total. The summed E-state index contributed by atoms with van der Waals surface area (Å²) < 4.78 is 3.77. The minimum atomic E-state index is -0.360. The van der Waals surface area contributed by atoms with Gasteiger partial charge in [-0.15, -0.1) is 0 Å². The van der Waals surface area contributed by atoms with Gasteiger partial charge in [-0.1, -0.05) is 42.5 Å². The highest BCUT2D eigenvalue weighted by Crippen LogP contribution is 2.25. The lowest BCUT2D eigenvalue weighted by atomic mass is 10.1. The number of aromatic nitrogens is 4. The molecule has 136 valence electrons. The van der Waals surface area contributed by atoms with Crippen LogP contribution in [0.25, 0.3) is 11.0 Å². The number of benzene rings is 2. The topological polar surface area (TPSA) is 64.7 Å². The second-order valence-corrected chi connectivity index (χ2v) is 6.42. The Labute approximate surface area is 157 Å². The van der Waals surface area contributed by atoms with E-state index in [4.69, 9.17) is 4.98 Å². The van der Waals surface area contributed by atoms with Gasteiger partial charge >= 0.3 is 0 Å². The molecular formula is C21H21N5O. The minimum Gasteiger partial charge on any atom is -0.338 e. The Kier molecular flexibility index (Phi) is 4.46. The van der Waals surface area contributed by atoms with Gasteiger partial charge in [0.2, 0.25) is 0 Å². The van der Waals surface area contributed by atoms with E-state index in [-0.39, 0.29) is 11.9 Å². The largest absolute Gasteiger partial charge is 0.338 e. The maximum atomic E-state index is 12.9. The molecule has 0 unspecified atom stereocenters. The fraction of sp³-hybridized carbons (Fsp3) is 0.190. The summed E-state index contributed by atoms with van der Waals surface area (Å²) in [6.07, 6.45) is 3.35. The van der Waals surface area contributed by atoms with Gasteiger partial charge in [-0.2, -0.15) is 5.10 Å². The number of nitrogens with zero attached hydrogens (tertiary/aromatic N) is 4. The molecule has 6 nitrogen and oxygen atoms in total. The van der Waals surface area contributed by atoms with Crippen molar-refractivity contribution in [1.29, 1.82) is 0 Å². The Morgan fingerprint density at radius 2 is 1.85 bits per heavy atom. The van der Waals surface area contributed by atoms with E-state index in [0.717, 1.165) is 29.0 Å². The van der Waals surface area contributed by atoms with Gasteiger partial charge < -0.3 is 9.88 Å². The number of fused-ring (bicyclic) bond motifs is 1. The lowest BCUT2D eigenvalue weighted by Crippen LogP contribution is -2.31. The van der Waals surface area contributed by atoms with E-state index in [1.807, 2.05) is 73.1 Å². The third-order valence-corrected chi connectivity index (χ3v) is 4.71. The standard InChI is InChI=1S/C21H21N5O/c1-3-26-14-16(13-22-26)21(27)24-19(15-9-5-4-6-10-15)20-23-17-11-7-8-12-18(17)25(20)2/h4-14,19H,3H2,1-2H3,(H,24,27)/t19-/m0/s1. The second kappa shape index (κ2) is 7.07. The summed E-state index contributed by atoms with van der Waals surface area (Å²) in [6.45, 7) is 2.71. The van der Waals surface area contributed by atoms with Crippen molar-refractivity contribution in [1.82, 2.24) is 24.6 Å². The molecule has 0 aliphatic heterocycles. The highest BCUT2D eigenvalue weighted by Gasteiger charge is 2.23. The summed E-state index contributed by atoms with van der Waals surface area (Å²) >= 11 is 0. The molecule has 0 radical (unpaired) electrons. The molecule has 0 fully saturated rings. The normalized spacial score (nSPS) is 12.2. The van der Waals surface area contributed by atoms with Crippen molar-refractivity contribution in [3.8, 4) is 0 Å². The number of nitrogens with one attached hydrogen (secondary N) is 1. The van der Waals surface area contributed by atoms with Crippen molar-refractivity contribution >= 4 is 16.9 Å². The van der Waals surface area contributed by atoms with Crippen LogP contribution in [0.5, 0.6) is 0 Å². The van der Waals surface area contributed by atoms with Gasteiger partial charge in [-0.05, 0) is 24.6 Å². The number of hydrogen-bond acceptors (Lipinski definition) is 3. The maximum absolute atomic E-state index is 12.9. The lowest BCUT2D eigenvalue weighted by molar-refractivity contribution is 0.0941. The van der Waals surface area contributed by atoms with Crippen LogP contribution in [0.3, 0.4) is 0 Å². The zero-order valence-corrected chi connectivity index (χ0v) is 15.3. The monoisotopic (exact) mass is 359 g/mol. The van der Waals surface area contributed by atoms with Crippen LogP contribution >= 0.6 is 0 Å². The molecule has 2 heterocycles. The van der Waals surface area contributed by atoms with Crippen LogP contribution < -0.4 is 5.32 Å². The van der Waals surface area contributed by atoms with E-state index in [9.17, 15) is 4.79 Å². The number of amides is 1. The Morgan fingerprint density at radius 3 is 2.56 bits per heavy atom. The van der Waals surface area contributed by atoms with Gasteiger partial charge in [0.25, 0.3) is 5.91 Å². The number of para-hydroxylation sites is 2. The van der Waals surface area contributed by atoms with E-state index in [1.165, 1.54) is 0 Å². The SMILES string of the molecule is CCn1cc(C(=O)N[C@@H](c2ccccc2)c2nc3ccccc3n2C)cn1. The van der Waals surface area contributed by atoms with E-state index in [0.29, 0.717) is 5.56 Å². The van der Waals surface area contributed by atoms with Crippen LogP contribution in [0.15, 0.2) is 67.0 Å². The van der Waals surface area contributed by atoms with E-state index in [2.05, 4.69) is 10.4 Å². The summed E-state index contributed by atoms with van der Waals surface area (Å²) in [5.41, 5.74) is 3.45. The Bertz CT molecular complexity index is 1080. The molecule has 0 saturated heterocycles. The number of carbonyl (C=O) groups is 1. The average Bonchev–Trinajstić information content (AvgIpc) is 3.32. The molecule has 0 aliphatic carbocycles. The average molecular weight is 359 g/mol. The molecule has 1 amide bonds. The molecule has 4 aromatic rings. The Morgan fingerprint density at radius 1 is 1.11 bits per heavy atom. The van der Waals surface area contributed by atoms with Gasteiger partial charge in [0.15, 0.2) is 0 Å². The van der Waals surface area contributed by atoms with E-state index < -0.39 is 0 Å². The number of carbonyl (C=O) groups excluding carboxylic acids is 1. The van der Waals surface area contributed by atoms with Crippen molar-refractivity contribution in [2.75, 3.05) is 0 Å². The molecule has 0 spiro atoms. The van der Waals surface area contributed by atoms with Gasteiger partial charge in [0.1, 0.15) is 11.9 Å². The molecule has 1 atom stereocenters. The quantitative estimate of drug-likeness (QED) is 0.595. The molecule has 0 saturated carbocycles. The fourth-order valence-corrected chi connectivity index (χ4v) is 3.23. The first-order chi connectivity index (χ1) is 13.2. The maximum Gasteiger partial charge on any atom is 0.255 e. The summed E-state index contributed by atoms with van der Waals surface area (Å²) in [6, 6.07) is 17.5. The first-order valence-corrected chi connectivity index (χ1v) is 8.97. The smallest absolute Gasteiger partial charge is 0.255 e. The number of hydrogen-bond donors (Lipinski definition) is 1. The van der Waals surface area contributed by atoms with Crippen LogP contribution in [0.1, 0.15) is 34.7 Å². The molecule has 2 aromatic carbocycles. The first-order valence-electron chi connectivity index (χ1n) is 8.97. The van der Waals surface area contributed by atoms with E-state index in [1.54, 1.807) is 17.1 Å². The van der Waals surface area contributed by atoms with Crippen LogP contribution in [-0.2, 0) is 13.6 Å². The van der Waals surface area contributed by atoms with Crippen LogP contribution in [0.2, 0.25) is 0 Å². The van der Waals surface area contributed by atoms with Crippen molar-refractivity contribution in [3.63, 3.8) is 0 Å². The molecule has 0 bridgehead atoms. The zero-order valence-electron chi connectivity index (χ0n) is 15.3. The van der Waals surface area contributed by atoms with Gasteiger partial charge in [0.05, 0.1) is 22.8 Å². The summed E-state index contributed by atoms with van der Waals surface area (Å²) in [5, 5.41) is 7.33. The van der Waals surface area contributed by atoms with Gasteiger partial charge in [0, 0.05) is 19.8 Å². The summed E-state index contributed by atoms with van der Waals surface area (Å²) in [5.74, 6) is 0.620. The van der Waals surface area contributed by atoms with Crippen molar-refractivity contribution < 1.29 is 4.79 Å². The number of imidazole rings is 1. The second-order valence-electron chi connectivity index (χ2n) is 6.42. The van der Waals surface area contributed by atoms with Crippen LogP contribution in [0, 0.1) is 0 Å². The molecule has 2 aromatic heterocycles. The predicted molar refractivity (Wildman–Crippen MR) is 104 cm³/mol. The Balaban J connectivity index is 1.75. The van der Waals surface area contributed by atoms with Crippen LogP contribution in [-0.4, -0.2) is 25.2 Å². The van der Waals surface area contributed by atoms with Gasteiger partial charge in [-0.3, -0.25) is 9.48 Å². The highest BCUT2D eigenvalue weighted by molar-refractivity contribution is 5.94. The first kappa shape index (κ1) is 17.0. The van der Waals surface area contributed by atoms with Crippen molar-refractivity contribution in [2.24, 2.45) is 7.05 Å². The third kappa shape index (κ3) is 3.21. The van der Waals surface area contributed by atoms with Crippen molar-refractivity contribution in [2.45, 2.75) is 19.5 Å². The molecule has 27 heavy (non-hydrogen) atoms. The number of rotatable bonds is 5. The summed E-state index contributed by atoms with van der Waals surface area (Å²) in [7, 11) is 1.97. The predicted octanol–water partition coefficient (Wildman–Crippen LogP) is 3.31. The molecule has 6 heteroatoms. The molecule has 4 rings (SSSR count). The minimum absolute atomic E-state index is 0.171. The van der Waals surface area contributed by atoms with Crippen LogP contribution in [0.4, 0.5) is 0 Å². The molecule has 0 aliphatic rings. The number of aryl methyl sites for hydroxylation is 2. The van der Waals surface area contributed by atoms with E-state index >= 15 is 0 Å². The highest BCUT2D eigenvalue weighted by atomic mass is 16.1. The molecular weight excluding hydrogens is 338 g/mol. The fourth-order valence-electron chi connectivity index (χ4n) is 3.23. The van der Waals surface area contributed by atoms with Gasteiger partial charge in [-0.25, -0.2) is 4.98 Å². The zero-order chi connectivity index (χ0) is 18.8. The lowest BCUT2D eigenvalue weighted by Gasteiger charge is -2.19. The Hall–Kier alpha value is -3.41.